The molecular formula is C33H40F3N6O6P. The molecule has 1 aromatic heterocycles. The third-order valence-corrected chi connectivity index (χ3v) is 10.8. The lowest BCUT2D eigenvalue weighted by Crippen LogP contribution is -2.27. The fourth-order valence-electron chi connectivity index (χ4n) is 6.43. The number of nitrogens with one attached hydrogen (secondary N) is 2. The average molecular weight is 705 g/mol. The number of aromatic nitrogens is 2. The lowest BCUT2D eigenvalue weighted by Gasteiger charge is -2.28. The van der Waals surface area contributed by atoms with E-state index in [1.54, 1.807) is 45.2 Å². The van der Waals surface area contributed by atoms with Gasteiger partial charge in [0.25, 0.3) is 5.91 Å². The van der Waals surface area contributed by atoms with Crippen LogP contribution in [-0.4, -0.2) is 54.1 Å². The van der Waals surface area contributed by atoms with Crippen LogP contribution < -0.4 is 21.1 Å². The zero-order valence-corrected chi connectivity index (χ0v) is 28.6. The molecule has 1 saturated carbocycles. The van der Waals surface area contributed by atoms with Crippen LogP contribution in [0.2, 0.25) is 0 Å². The van der Waals surface area contributed by atoms with Gasteiger partial charge in [-0.15, -0.1) is 0 Å². The average Bonchev–Trinajstić information content (AvgIpc) is 3.35. The number of hydrogen-bond acceptors (Lipinski definition) is 10. The number of benzene rings is 2. The van der Waals surface area contributed by atoms with Gasteiger partial charge in [-0.1, -0.05) is 12.1 Å². The number of carbonyl (C=O) groups is 2. The molecule has 1 fully saturated rings. The van der Waals surface area contributed by atoms with Gasteiger partial charge in [0.05, 0.1) is 43.4 Å². The summed E-state index contributed by atoms with van der Waals surface area (Å²) in [5.41, 5.74) is 7.47. The van der Waals surface area contributed by atoms with Crippen LogP contribution in [0.15, 0.2) is 36.5 Å². The molecule has 0 unspecified atom stereocenters. The predicted molar refractivity (Wildman–Crippen MR) is 177 cm³/mol. The Bertz CT molecular complexity index is 1760. The fourth-order valence-corrected chi connectivity index (χ4v) is 8.12. The van der Waals surface area contributed by atoms with E-state index in [0.29, 0.717) is 55.4 Å². The molecule has 49 heavy (non-hydrogen) atoms. The Hall–Kier alpha value is -4.20. The molecular weight excluding hydrogens is 664 g/mol. The number of nitrogens with two attached hydrogens (primary N) is 1. The lowest BCUT2D eigenvalue weighted by atomic mass is 9.76. The first-order chi connectivity index (χ1) is 23.3. The molecule has 2 aromatic carbocycles. The maximum absolute atomic E-state index is 14.2. The topological polar surface area (TPSA) is 158 Å². The maximum Gasteiger partial charge on any atom is 0.421 e. The Kier molecular flexibility index (Phi) is 10.9. The fraction of sp³-hybridized carbons (Fsp3) is 0.455. The molecule has 0 saturated heterocycles. The molecule has 1 aliphatic heterocycles. The lowest BCUT2D eigenvalue weighted by molar-refractivity contribution is -0.137. The minimum atomic E-state index is -4.81. The van der Waals surface area contributed by atoms with Crippen molar-refractivity contribution in [3.05, 3.63) is 64.3 Å². The number of alkyl halides is 3. The van der Waals surface area contributed by atoms with Crippen molar-refractivity contribution in [2.24, 2.45) is 11.7 Å². The van der Waals surface area contributed by atoms with Gasteiger partial charge in [-0.25, -0.2) is 4.98 Å². The first-order valence-electron chi connectivity index (χ1n) is 16.0. The number of primary amides is 1. The van der Waals surface area contributed by atoms with Gasteiger partial charge in [-0.2, -0.15) is 18.2 Å². The molecule has 2 heterocycles. The van der Waals surface area contributed by atoms with E-state index < -0.39 is 25.2 Å². The molecule has 2 amide bonds. The molecule has 16 heteroatoms. The number of amides is 2. The summed E-state index contributed by atoms with van der Waals surface area (Å²) in [6.07, 6.45) is -1.45. The summed E-state index contributed by atoms with van der Waals surface area (Å²) < 4.78 is 71.9. The minimum Gasteiger partial charge on any atom is -0.495 e. The van der Waals surface area contributed by atoms with E-state index in [0.717, 1.165) is 11.1 Å². The van der Waals surface area contributed by atoms with Gasteiger partial charge >= 0.3 is 13.8 Å². The molecule has 12 nitrogen and oxygen atoms in total. The summed E-state index contributed by atoms with van der Waals surface area (Å²) in [5.74, 6) is -1.17. The smallest absolute Gasteiger partial charge is 0.421 e. The highest BCUT2D eigenvalue weighted by atomic mass is 31.2. The quantitative estimate of drug-likeness (QED) is 0.157. The van der Waals surface area contributed by atoms with Gasteiger partial charge in [-0.05, 0) is 80.3 Å². The summed E-state index contributed by atoms with van der Waals surface area (Å²) in [5, 5.41) is 5.69. The van der Waals surface area contributed by atoms with Crippen molar-refractivity contribution in [1.82, 2.24) is 14.9 Å². The van der Waals surface area contributed by atoms with Crippen LogP contribution in [0.25, 0.3) is 0 Å². The first-order valence-corrected chi connectivity index (χ1v) is 17.7. The number of rotatable bonds is 13. The van der Waals surface area contributed by atoms with Gasteiger partial charge in [-0.3, -0.25) is 14.2 Å². The van der Waals surface area contributed by atoms with Gasteiger partial charge in [0.1, 0.15) is 17.1 Å². The van der Waals surface area contributed by atoms with Crippen molar-refractivity contribution in [2.45, 2.75) is 64.3 Å². The van der Waals surface area contributed by atoms with Gasteiger partial charge < -0.3 is 35.1 Å². The van der Waals surface area contributed by atoms with E-state index in [2.05, 4.69) is 20.6 Å². The van der Waals surface area contributed by atoms with Crippen LogP contribution in [-0.2, 0) is 37.3 Å². The standard InChI is InChI=1S/C33H40F3N6O6P/c1-5-47-49(45,48-6-2)18-19-7-13-25(27(15-19)46-4)40-32-38-16-24(33(34,35)36)30(41-32)39-26-14-12-22(23-17-42(3)31(44)28(23)26)20-8-10-21(11-9-20)29(37)43/h7,12-16,20-21H,5-6,8-11,17-18H2,1-4H3,(H2,37,43)(H2,38,39,40,41). The van der Waals surface area contributed by atoms with Crippen molar-refractivity contribution in [3.8, 4) is 5.75 Å². The van der Waals surface area contributed by atoms with E-state index in [9.17, 15) is 27.3 Å². The summed E-state index contributed by atoms with van der Waals surface area (Å²) >= 11 is 0. The molecule has 3 aromatic rings. The second kappa shape index (κ2) is 14.7. The van der Waals surface area contributed by atoms with E-state index in [1.165, 1.54) is 12.0 Å². The molecule has 2 aliphatic rings. The van der Waals surface area contributed by atoms with Crippen LogP contribution in [0.4, 0.5) is 36.3 Å². The number of halogens is 3. The van der Waals surface area contributed by atoms with Gasteiger partial charge in [0.15, 0.2) is 0 Å². The Morgan fingerprint density at radius 1 is 1.06 bits per heavy atom. The Morgan fingerprint density at radius 3 is 2.35 bits per heavy atom. The molecule has 264 valence electrons. The van der Waals surface area contributed by atoms with Crippen LogP contribution in [0, 0.1) is 5.92 Å². The summed E-state index contributed by atoms with van der Waals surface area (Å²) in [6.45, 7) is 4.13. The summed E-state index contributed by atoms with van der Waals surface area (Å²) in [6, 6.07) is 8.31. The number of ether oxygens (including phenoxy) is 1. The zero-order chi connectivity index (χ0) is 35.5. The van der Waals surface area contributed by atoms with Crippen molar-refractivity contribution in [3.63, 3.8) is 0 Å². The van der Waals surface area contributed by atoms with Crippen LogP contribution >= 0.6 is 7.60 Å². The van der Waals surface area contributed by atoms with Crippen molar-refractivity contribution >= 4 is 42.6 Å². The number of hydrogen-bond donors (Lipinski definition) is 3. The highest BCUT2D eigenvalue weighted by molar-refractivity contribution is 7.53. The monoisotopic (exact) mass is 704 g/mol. The van der Waals surface area contributed by atoms with Crippen LogP contribution in [0.3, 0.4) is 0 Å². The Morgan fingerprint density at radius 2 is 1.73 bits per heavy atom. The normalized spacial score (nSPS) is 17.9. The molecule has 0 radical (unpaired) electrons. The number of carbonyl (C=O) groups excluding carboxylic acids is 2. The third-order valence-electron chi connectivity index (χ3n) is 8.76. The van der Waals surface area contributed by atoms with E-state index in [1.807, 2.05) is 6.07 Å². The van der Waals surface area contributed by atoms with Crippen molar-refractivity contribution in [2.75, 3.05) is 38.0 Å². The minimum absolute atomic E-state index is 0.0121. The summed E-state index contributed by atoms with van der Waals surface area (Å²) in [7, 11) is -0.354. The van der Waals surface area contributed by atoms with E-state index >= 15 is 0 Å². The molecule has 0 spiro atoms. The first kappa shape index (κ1) is 36.1. The molecule has 0 bridgehead atoms. The second-order valence-electron chi connectivity index (χ2n) is 12.0. The Balaban J connectivity index is 1.45. The molecule has 4 N–H and O–H groups in total. The second-order valence-corrected chi connectivity index (χ2v) is 14.1. The van der Waals surface area contributed by atoms with Crippen LogP contribution in [0.1, 0.15) is 78.1 Å². The van der Waals surface area contributed by atoms with E-state index in [4.69, 9.17) is 19.5 Å². The molecule has 0 atom stereocenters. The maximum atomic E-state index is 14.2. The number of fused-ring (bicyclic) bond motifs is 1. The van der Waals surface area contributed by atoms with Crippen LogP contribution in [0.5, 0.6) is 5.75 Å². The molecule has 5 rings (SSSR count). The number of anilines is 4. The van der Waals surface area contributed by atoms with Crippen molar-refractivity contribution in [1.29, 1.82) is 0 Å². The third kappa shape index (κ3) is 8.00. The number of nitrogens with zero attached hydrogens (tertiary/aromatic N) is 3. The summed E-state index contributed by atoms with van der Waals surface area (Å²) in [4.78, 5) is 34.6. The SMILES string of the molecule is CCOP(=O)(Cc1ccc(Nc2ncc(C(F)(F)F)c(Nc3ccc(C4CCC(C(N)=O)CC4)c4c3C(=O)N(C)C4)n2)c(OC)c1)OCC. The largest absolute Gasteiger partial charge is 0.495 e. The van der Waals surface area contributed by atoms with Crippen molar-refractivity contribution < 1.29 is 41.1 Å². The Labute approximate surface area is 282 Å². The highest BCUT2D eigenvalue weighted by Gasteiger charge is 2.38. The van der Waals surface area contributed by atoms with E-state index in [-0.39, 0.29) is 60.2 Å². The van der Waals surface area contributed by atoms with Gasteiger partial charge in [0, 0.05) is 25.7 Å². The predicted octanol–water partition coefficient (Wildman–Crippen LogP) is 7.10. The highest BCUT2D eigenvalue weighted by Crippen LogP contribution is 2.52. The molecule has 1 aliphatic carbocycles. The van der Waals surface area contributed by atoms with Gasteiger partial charge in [0.2, 0.25) is 11.9 Å². The number of methoxy groups -OCH3 is 1. The zero-order valence-electron chi connectivity index (χ0n) is 27.7.